The molecule has 0 unspecified atom stereocenters. The second-order valence-electron chi connectivity index (χ2n) is 4.74. The Hall–Kier alpha value is 0.270. The molecule has 0 radical (unpaired) electrons. The van der Waals surface area contributed by atoms with Gasteiger partial charge < -0.3 is 5.73 Å². The zero-order chi connectivity index (χ0) is 10.0. The molecular weight excluding hydrogens is 192 g/mol. The van der Waals surface area contributed by atoms with E-state index >= 15 is 0 Å². The van der Waals surface area contributed by atoms with Crippen molar-refractivity contribution in [2.45, 2.75) is 43.7 Å². The molecule has 2 aliphatic rings. The van der Waals surface area contributed by atoms with Crippen LogP contribution in [0.4, 0.5) is 0 Å². The van der Waals surface area contributed by atoms with Gasteiger partial charge in [-0.2, -0.15) is 11.8 Å². The van der Waals surface area contributed by atoms with Gasteiger partial charge in [0.1, 0.15) is 0 Å². The van der Waals surface area contributed by atoms with E-state index in [1.807, 2.05) is 0 Å². The van der Waals surface area contributed by atoms with Crippen LogP contribution in [0.25, 0.3) is 0 Å². The average Bonchev–Trinajstić information content (AvgIpc) is 2.16. The van der Waals surface area contributed by atoms with Crippen molar-refractivity contribution in [3.8, 4) is 0 Å². The van der Waals surface area contributed by atoms with Crippen LogP contribution in [0, 0.1) is 0 Å². The molecule has 0 spiro atoms. The van der Waals surface area contributed by atoms with Crippen LogP contribution in [0.2, 0.25) is 0 Å². The monoisotopic (exact) mass is 214 g/mol. The van der Waals surface area contributed by atoms with Crippen LogP contribution in [-0.2, 0) is 0 Å². The Kier molecular flexibility index (Phi) is 3.40. The van der Waals surface area contributed by atoms with Crippen molar-refractivity contribution in [3.05, 3.63) is 0 Å². The normalized spacial score (nSPS) is 27.6. The molecule has 1 saturated heterocycles. The van der Waals surface area contributed by atoms with Crippen molar-refractivity contribution < 1.29 is 0 Å². The molecule has 0 aromatic rings. The average molecular weight is 214 g/mol. The second-order valence-corrected chi connectivity index (χ2v) is 5.96. The molecule has 0 aromatic carbocycles. The van der Waals surface area contributed by atoms with Crippen LogP contribution >= 0.6 is 11.8 Å². The van der Waals surface area contributed by atoms with Crippen molar-refractivity contribution in [2.75, 3.05) is 25.1 Å². The van der Waals surface area contributed by atoms with Gasteiger partial charge in [0.25, 0.3) is 0 Å². The van der Waals surface area contributed by atoms with Gasteiger partial charge in [-0.05, 0) is 44.2 Å². The molecule has 0 bridgehead atoms. The number of nitrogens with two attached hydrogens (primary N) is 1. The molecule has 1 saturated carbocycles. The highest BCUT2D eigenvalue weighted by molar-refractivity contribution is 7.99. The highest BCUT2D eigenvalue weighted by Crippen LogP contribution is 2.36. The molecule has 1 aliphatic heterocycles. The summed E-state index contributed by atoms with van der Waals surface area (Å²) in [5.74, 6) is 2.60. The zero-order valence-electron chi connectivity index (χ0n) is 9.17. The van der Waals surface area contributed by atoms with Crippen LogP contribution in [-0.4, -0.2) is 41.6 Å². The molecule has 0 aromatic heterocycles. The lowest BCUT2D eigenvalue weighted by molar-refractivity contribution is 0.0319. The van der Waals surface area contributed by atoms with E-state index in [1.54, 1.807) is 0 Å². The number of rotatable bonds is 3. The Morgan fingerprint density at radius 2 is 2.00 bits per heavy atom. The predicted octanol–water partition coefficient (Wildman–Crippen LogP) is 1.70. The lowest BCUT2D eigenvalue weighted by Crippen LogP contribution is -2.59. The molecule has 2 nitrogen and oxygen atoms in total. The number of nitrogens with zero attached hydrogens (tertiary/aromatic N) is 1. The quantitative estimate of drug-likeness (QED) is 0.775. The molecule has 2 N–H and O–H groups in total. The minimum absolute atomic E-state index is 0.344. The van der Waals surface area contributed by atoms with E-state index in [4.69, 9.17) is 5.73 Å². The van der Waals surface area contributed by atoms with Crippen molar-refractivity contribution in [2.24, 2.45) is 5.73 Å². The van der Waals surface area contributed by atoms with Gasteiger partial charge >= 0.3 is 0 Å². The summed E-state index contributed by atoms with van der Waals surface area (Å²) in [6, 6.07) is 0.835. The first kappa shape index (κ1) is 10.8. The molecule has 0 atom stereocenters. The van der Waals surface area contributed by atoms with Gasteiger partial charge in [-0.15, -0.1) is 0 Å². The van der Waals surface area contributed by atoms with Crippen molar-refractivity contribution >= 4 is 11.8 Å². The molecule has 1 aliphatic carbocycles. The largest absolute Gasteiger partial charge is 0.329 e. The summed E-state index contributed by atoms with van der Waals surface area (Å²) < 4.78 is 0. The predicted molar refractivity (Wildman–Crippen MR) is 63.7 cm³/mol. The van der Waals surface area contributed by atoms with Gasteiger partial charge in [0.2, 0.25) is 0 Å². The molecule has 82 valence electrons. The van der Waals surface area contributed by atoms with E-state index in [0.29, 0.717) is 5.54 Å². The SMILES string of the molecule is CN(C1CCC1)C1(CN)CCSCC1. The van der Waals surface area contributed by atoms with Crippen LogP contribution in [0.1, 0.15) is 32.1 Å². The fourth-order valence-corrected chi connectivity index (χ4v) is 3.87. The summed E-state index contributed by atoms with van der Waals surface area (Å²) in [4.78, 5) is 2.61. The van der Waals surface area contributed by atoms with Crippen LogP contribution in [0.5, 0.6) is 0 Å². The summed E-state index contributed by atoms with van der Waals surface area (Å²) in [7, 11) is 2.30. The van der Waals surface area contributed by atoms with Gasteiger partial charge in [-0.3, -0.25) is 4.90 Å². The Morgan fingerprint density at radius 1 is 1.36 bits per heavy atom. The van der Waals surface area contributed by atoms with Crippen LogP contribution in [0.15, 0.2) is 0 Å². The summed E-state index contributed by atoms with van der Waals surface area (Å²) in [5, 5.41) is 0. The molecule has 3 heteroatoms. The van der Waals surface area contributed by atoms with Crippen LogP contribution in [0.3, 0.4) is 0 Å². The maximum Gasteiger partial charge on any atom is 0.0347 e. The molecule has 1 heterocycles. The Bertz CT molecular complexity index is 186. The Balaban J connectivity index is 2.01. The highest BCUT2D eigenvalue weighted by atomic mass is 32.2. The first-order valence-corrected chi connectivity index (χ1v) is 6.95. The highest BCUT2D eigenvalue weighted by Gasteiger charge is 2.39. The Morgan fingerprint density at radius 3 is 2.43 bits per heavy atom. The lowest BCUT2D eigenvalue weighted by Gasteiger charge is -2.50. The fraction of sp³-hybridized carbons (Fsp3) is 1.00. The maximum absolute atomic E-state index is 6.00. The van der Waals surface area contributed by atoms with Gasteiger partial charge in [0.05, 0.1) is 0 Å². The maximum atomic E-state index is 6.00. The standard InChI is InChI=1S/C11H22N2S/c1-13(10-3-2-4-10)11(9-12)5-7-14-8-6-11/h10H,2-9,12H2,1H3. The van der Waals surface area contributed by atoms with Crippen LogP contribution < -0.4 is 5.73 Å². The minimum Gasteiger partial charge on any atom is -0.329 e. The first-order chi connectivity index (χ1) is 6.78. The zero-order valence-corrected chi connectivity index (χ0v) is 9.98. The van der Waals surface area contributed by atoms with Crippen molar-refractivity contribution in [1.82, 2.24) is 4.90 Å². The van der Waals surface area contributed by atoms with Gasteiger partial charge in [0, 0.05) is 18.1 Å². The molecule has 0 amide bonds. The molecule has 2 rings (SSSR count). The minimum atomic E-state index is 0.344. The first-order valence-electron chi connectivity index (χ1n) is 5.79. The summed E-state index contributed by atoms with van der Waals surface area (Å²) >= 11 is 2.09. The summed E-state index contributed by atoms with van der Waals surface area (Å²) in [6.07, 6.45) is 6.80. The molecule has 2 fully saturated rings. The van der Waals surface area contributed by atoms with Crippen molar-refractivity contribution in [1.29, 1.82) is 0 Å². The third kappa shape index (κ3) is 1.82. The van der Waals surface area contributed by atoms with Gasteiger partial charge in [0.15, 0.2) is 0 Å². The topological polar surface area (TPSA) is 29.3 Å². The van der Waals surface area contributed by atoms with E-state index < -0.39 is 0 Å². The number of hydrogen-bond donors (Lipinski definition) is 1. The summed E-state index contributed by atoms with van der Waals surface area (Å²) in [6.45, 7) is 0.848. The van der Waals surface area contributed by atoms with E-state index in [0.717, 1.165) is 12.6 Å². The van der Waals surface area contributed by atoms with E-state index in [1.165, 1.54) is 43.6 Å². The van der Waals surface area contributed by atoms with Crippen molar-refractivity contribution in [3.63, 3.8) is 0 Å². The third-order valence-electron chi connectivity index (χ3n) is 4.17. The number of thioether (sulfide) groups is 1. The van der Waals surface area contributed by atoms with Gasteiger partial charge in [-0.1, -0.05) is 6.42 Å². The second kappa shape index (κ2) is 4.42. The number of likely N-dealkylation sites (N-methyl/N-ethyl adjacent to an activating group) is 1. The van der Waals surface area contributed by atoms with E-state index in [-0.39, 0.29) is 0 Å². The summed E-state index contributed by atoms with van der Waals surface area (Å²) in [5.41, 5.74) is 6.35. The number of hydrogen-bond acceptors (Lipinski definition) is 3. The fourth-order valence-electron chi connectivity index (χ4n) is 2.61. The molecular formula is C11H22N2S. The molecule has 14 heavy (non-hydrogen) atoms. The lowest BCUT2D eigenvalue weighted by atomic mass is 9.83. The van der Waals surface area contributed by atoms with Gasteiger partial charge in [-0.25, -0.2) is 0 Å². The Labute approximate surface area is 91.6 Å². The van der Waals surface area contributed by atoms with E-state index in [2.05, 4.69) is 23.7 Å². The van der Waals surface area contributed by atoms with E-state index in [9.17, 15) is 0 Å². The smallest absolute Gasteiger partial charge is 0.0347 e. The third-order valence-corrected chi connectivity index (χ3v) is 5.16.